The number of likely N-dealkylation sites (tertiary alicyclic amines) is 1. The number of hydrogen-bond acceptors (Lipinski definition) is 3. The average Bonchev–Trinajstić information content (AvgIpc) is 2.42. The van der Waals surface area contributed by atoms with Gasteiger partial charge in [0.05, 0.1) is 5.92 Å². The molecule has 0 spiro atoms. The van der Waals surface area contributed by atoms with Crippen molar-refractivity contribution >= 4 is 12.0 Å². The van der Waals surface area contributed by atoms with Gasteiger partial charge >= 0.3 is 12.0 Å². The Kier molecular flexibility index (Phi) is 6.78. The zero-order chi connectivity index (χ0) is 15.1. The lowest BCUT2D eigenvalue weighted by Crippen LogP contribution is -2.48. The van der Waals surface area contributed by atoms with Crippen molar-refractivity contribution in [1.82, 2.24) is 14.7 Å². The van der Waals surface area contributed by atoms with Crippen LogP contribution in [0.25, 0.3) is 0 Å². The number of amides is 2. The molecule has 1 N–H and O–H groups in total. The lowest BCUT2D eigenvalue weighted by atomic mass is 9.97. The van der Waals surface area contributed by atoms with Gasteiger partial charge in [0.2, 0.25) is 0 Å². The molecule has 0 atom stereocenters. The fraction of sp³-hybridized carbons (Fsp3) is 0.857. The number of piperidine rings is 1. The molecule has 0 aromatic heterocycles. The van der Waals surface area contributed by atoms with Gasteiger partial charge in [-0.25, -0.2) is 4.79 Å². The molecule has 0 radical (unpaired) electrons. The summed E-state index contributed by atoms with van der Waals surface area (Å²) in [6.45, 7) is 5.51. The third-order valence-corrected chi connectivity index (χ3v) is 3.80. The number of carbonyl (C=O) groups excluding carboxylic acids is 1. The highest BCUT2D eigenvalue weighted by atomic mass is 16.4. The first-order chi connectivity index (χ1) is 9.45. The van der Waals surface area contributed by atoms with E-state index in [1.54, 1.807) is 4.90 Å². The number of aliphatic carboxylic acids is 1. The maximum atomic E-state index is 12.4. The van der Waals surface area contributed by atoms with Crippen molar-refractivity contribution in [2.24, 2.45) is 5.92 Å². The van der Waals surface area contributed by atoms with Gasteiger partial charge in [-0.15, -0.1) is 0 Å². The van der Waals surface area contributed by atoms with Crippen molar-refractivity contribution in [2.45, 2.75) is 26.2 Å². The number of carboxylic acid groups (broad SMARTS) is 1. The molecular formula is C14H27N3O3. The summed E-state index contributed by atoms with van der Waals surface area (Å²) in [5, 5.41) is 8.97. The van der Waals surface area contributed by atoms with E-state index in [4.69, 9.17) is 5.11 Å². The molecule has 0 aromatic carbocycles. The zero-order valence-corrected chi connectivity index (χ0v) is 12.8. The summed E-state index contributed by atoms with van der Waals surface area (Å²) in [7, 11) is 4.05. The highest BCUT2D eigenvalue weighted by molar-refractivity contribution is 5.75. The number of rotatable bonds is 6. The highest BCUT2D eigenvalue weighted by Gasteiger charge is 2.28. The van der Waals surface area contributed by atoms with Gasteiger partial charge in [-0.1, -0.05) is 0 Å². The molecule has 1 heterocycles. The third-order valence-electron chi connectivity index (χ3n) is 3.80. The second kappa shape index (κ2) is 8.09. The largest absolute Gasteiger partial charge is 0.481 e. The summed E-state index contributed by atoms with van der Waals surface area (Å²) in [5.41, 5.74) is 0. The molecule has 0 aromatic rings. The predicted molar refractivity (Wildman–Crippen MR) is 77.7 cm³/mol. The first-order valence-corrected chi connectivity index (χ1v) is 7.37. The minimum absolute atomic E-state index is 0.0510. The molecule has 0 saturated carbocycles. The smallest absolute Gasteiger partial charge is 0.319 e. The second-order valence-electron chi connectivity index (χ2n) is 5.62. The fourth-order valence-corrected chi connectivity index (χ4v) is 2.48. The quantitative estimate of drug-likeness (QED) is 0.796. The van der Waals surface area contributed by atoms with E-state index in [-0.39, 0.29) is 11.9 Å². The Bertz CT molecular complexity index is 326. The van der Waals surface area contributed by atoms with Crippen molar-refractivity contribution in [3.8, 4) is 0 Å². The van der Waals surface area contributed by atoms with E-state index in [9.17, 15) is 9.59 Å². The Morgan fingerprint density at radius 2 is 1.80 bits per heavy atom. The number of carbonyl (C=O) groups is 2. The van der Waals surface area contributed by atoms with Crippen LogP contribution in [0, 0.1) is 5.92 Å². The van der Waals surface area contributed by atoms with Crippen molar-refractivity contribution in [1.29, 1.82) is 0 Å². The van der Waals surface area contributed by atoms with Crippen LogP contribution in [0.15, 0.2) is 0 Å². The van der Waals surface area contributed by atoms with E-state index in [0.717, 1.165) is 19.5 Å². The SMILES string of the molecule is CCN(CCCN(C)C)C(=O)N1CCC(C(=O)O)CC1. The van der Waals surface area contributed by atoms with Crippen LogP contribution in [0.3, 0.4) is 0 Å². The van der Waals surface area contributed by atoms with E-state index in [1.807, 2.05) is 25.9 Å². The van der Waals surface area contributed by atoms with Crippen LogP contribution in [-0.2, 0) is 4.79 Å². The number of carboxylic acids is 1. The Morgan fingerprint density at radius 3 is 2.25 bits per heavy atom. The molecule has 1 aliphatic rings. The molecule has 6 nitrogen and oxygen atoms in total. The summed E-state index contributed by atoms with van der Waals surface area (Å²) in [4.78, 5) is 29.0. The van der Waals surface area contributed by atoms with Crippen LogP contribution in [0.5, 0.6) is 0 Å². The molecule has 20 heavy (non-hydrogen) atoms. The topological polar surface area (TPSA) is 64.1 Å². The van der Waals surface area contributed by atoms with Crippen LogP contribution >= 0.6 is 0 Å². The van der Waals surface area contributed by atoms with Gasteiger partial charge in [0.15, 0.2) is 0 Å². The summed E-state index contributed by atoms with van der Waals surface area (Å²) in [6.07, 6.45) is 2.09. The monoisotopic (exact) mass is 285 g/mol. The molecule has 0 unspecified atom stereocenters. The lowest BCUT2D eigenvalue weighted by molar-refractivity contribution is -0.143. The van der Waals surface area contributed by atoms with Crippen LogP contribution in [0.4, 0.5) is 4.79 Å². The molecule has 1 saturated heterocycles. The van der Waals surface area contributed by atoms with Crippen molar-refractivity contribution in [3.05, 3.63) is 0 Å². The van der Waals surface area contributed by atoms with E-state index in [2.05, 4.69) is 4.90 Å². The van der Waals surface area contributed by atoms with Crippen LogP contribution in [0.2, 0.25) is 0 Å². The number of urea groups is 1. The molecule has 1 aliphatic heterocycles. The zero-order valence-electron chi connectivity index (χ0n) is 12.8. The maximum absolute atomic E-state index is 12.4. The summed E-state index contributed by atoms with van der Waals surface area (Å²) in [6, 6.07) is 0.0510. The molecule has 0 aliphatic carbocycles. The standard InChI is InChI=1S/C14H27N3O3/c1-4-16(9-5-8-15(2)3)14(20)17-10-6-12(7-11-17)13(18)19/h12H,4-11H2,1-3H3,(H,18,19). The molecule has 1 rings (SSSR count). The summed E-state index contributed by atoms with van der Waals surface area (Å²) in [5.74, 6) is -1.03. The maximum Gasteiger partial charge on any atom is 0.319 e. The van der Waals surface area contributed by atoms with E-state index in [0.29, 0.717) is 32.5 Å². The van der Waals surface area contributed by atoms with Gasteiger partial charge in [0, 0.05) is 26.2 Å². The van der Waals surface area contributed by atoms with Crippen LogP contribution in [-0.4, -0.2) is 78.6 Å². The minimum atomic E-state index is -0.740. The van der Waals surface area contributed by atoms with Crippen molar-refractivity contribution in [2.75, 3.05) is 46.8 Å². The van der Waals surface area contributed by atoms with Crippen molar-refractivity contribution in [3.63, 3.8) is 0 Å². The minimum Gasteiger partial charge on any atom is -0.481 e. The van der Waals surface area contributed by atoms with Gasteiger partial charge in [0.25, 0.3) is 0 Å². The van der Waals surface area contributed by atoms with Gasteiger partial charge in [-0.05, 0) is 46.8 Å². The van der Waals surface area contributed by atoms with Gasteiger partial charge in [0.1, 0.15) is 0 Å². The predicted octanol–water partition coefficient (Wildman–Crippen LogP) is 1.18. The van der Waals surface area contributed by atoms with Crippen molar-refractivity contribution < 1.29 is 14.7 Å². The van der Waals surface area contributed by atoms with E-state index >= 15 is 0 Å². The summed E-state index contributed by atoms with van der Waals surface area (Å²) < 4.78 is 0. The molecule has 0 bridgehead atoms. The number of hydrogen-bond donors (Lipinski definition) is 1. The van der Waals surface area contributed by atoms with Crippen LogP contribution in [0.1, 0.15) is 26.2 Å². The molecular weight excluding hydrogens is 258 g/mol. The van der Waals surface area contributed by atoms with Crippen LogP contribution < -0.4 is 0 Å². The Balaban J connectivity index is 2.41. The molecule has 6 heteroatoms. The fourth-order valence-electron chi connectivity index (χ4n) is 2.48. The first-order valence-electron chi connectivity index (χ1n) is 7.37. The van der Waals surface area contributed by atoms with E-state index < -0.39 is 5.97 Å². The first kappa shape index (κ1) is 16.8. The van der Waals surface area contributed by atoms with Gasteiger partial charge in [-0.2, -0.15) is 0 Å². The summed E-state index contributed by atoms with van der Waals surface area (Å²) >= 11 is 0. The molecule has 1 fully saturated rings. The molecule has 2 amide bonds. The third kappa shape index (κ3) is 5.00. The second-order valence-corrected chi connectivity index (χ2v) is 5.62. The van der Waals surface area contributed by atoms with Gasteiger partial charge in [-0.3, -0.25) is 4.79 Å². The Hall–Kier alpha value is -1.30. The normalized spacial score (nSPS) is 16.5. The highest BCUT2D eigenvalue weighted by Crippen LogP contribution is 2.18. The average molecular weight is 285 g/mol. The molecule has 116 valence electrons. The Labute approximate surface area is 121 Å². The lowest BCUT2D eigenvalue weighted by Gasteiger charge is -2.34. The number of nitrogens with zero attached hydrogens (tertiary/aromatic N) is 3. The van der Waals surface area contributed by atoms with E-state index in [1.165, 1.54) is 0 Å². The Morgan fingerprint density at radius 1 is 1.20 bits per heavy atom. The van der Waals surface area contributed by atoms with Gasteiger partial charge < -0.3 is 19.8 Å².